The van der Waals surface area contributed by atoms with E-state index in [1.165, 1.54) is 0 Å². The van der Waals surface area contributed by atoms with Crippen LogP contribution in [0.2, 0.25) is 0 Å². The van der Waals surface area contributed by atoms with Gasteiger partial charge >= 0.3 is 0 Å². The summed E-state index contributed by atoms with van der Waals surface area (Å²) in [5, 5.41) is 0. The number of alkyl halides is 1. The number of morpholine rings is 1. The van der Waals surface area contributed by atoms with Crippen LogP contribution in [0.5, 0.6) is 0 Å². The molecule has 1 atom stereocenters. The molecule has 12 heavy (non-hydrogen) atoms. The number of rotatable bonds is 3. The SMILES string of the molecule is C/C=C/CN1CCOC(CCl)C1. The highest BCUT2D eigenvalue weighted by molar-refractivity contribution is 6.18. The highest BCUT2D eigenvalue weighted by Crippen LogP contribution is 2.06. The molecule has 1 aliphatic rings. The maximum atomic E-state index is 5.71. The van der Waals surface area contributed by atoms with Gasteiger partial charge in [0, 0.05) is 25.5 Å². The van der Waals surface area contributed by atoms with E-state index in [4.69, 9.17) is 16.3 Å². The zero-order valence-corrected chi connectivity index (χ0v) is 8.26. The second-order valence-corrected chi connectivity index (χ2v) is 3.28. The van der Waals surface area contributed by atoms with Gasteiger partial charge in [-0.15, -0.1) is 11.6 Å². The summed E-state index contributed by atoms with van der Waals surface area (Å²) in [6.07, 6.45) is 4.47. The van der Waals surface area contributed by atoms with Crippen LogP contribution in [0.4, 0.5) is 0 Å². The van der Waals surface area contributed by atoms with Crippen molar-refractivity contribution in [1.82, 2.24) is 4.90 Å². The van der Waals surface area contributed by atoms with E-state index < -0.39 is 0 Å². The highest BCUT2D eigenvalue weighted by atomic mass is 35.5. The monoisotopic (exact) mass is 189 g/mol. The fraction of sp³-hybridized carbons (Fsp3) is 0.778. The lowest BCUT2D eigenvalue weighted by molar-refractivity contribution is -0.0121. The molecule has 1 heterocycles. The molecule has 0 aromatic rings. The molecule has 0 aromatic heterocycles. The molecule has 1 fully saturated rings. The quantitative estimate of drug-likeness (QED) is 0.493. The van der Waals surface area contributed by atoms with E-state index in [1.54, 1.807) is 0 Å². The molecular formula is C9H16ClNO. The topological polar surface area (TPSA) is 12.5 Å². The molecule has 1 aliphatic heterocycles. The highest BCUT2D eigenvalue weighted by Gasteiger charge is 2.17. The molecule has 0 spiro atoms. The molecule has 0 N–H and O–H groups in total. The van der Waals surface area contributed by atoms with E-state index in [0.717, 1.165) is 26.2 Å². The molecule has 0 bridgehead atoms. The lowest BCUT2D eigenvalue weighted by atomic mass is 10.3. The van der Waals surface area contributed by atoms with Gasteiger partial charge < -0.3 is 4.74 Å². The number of ether oxygens (including phenoxy) is 1. The summed E-state index contributed by atoms with van der Waals surface area (Å²) < 4.78 is 5.44. The number of hydrogen-bond acceptors (Lipinski definition) is 2. The van der Waals surface area contributed by atoms with Gasteiger partial charge in [0.15, 0.2) is 0 Å². The van der Waals surface area contributed by atoms with Crippen molar-refractivity contribution >= 4 is 11.6 Å². The van der Waals surface area contributed by atoms with Crippen molar-refractivity contribution in [2.75, 3.05) is 32.1 Å². The fourth-order valence-corrected chi connectivity index (χ4v) is 1.48. The van der Waals surface area contributed by atoms with Gasteiger partial charge in [-0.3, -0.25) is 4.90 Å². The van der Waals surface area contributed by atoms with Crippen molar-refractivity contribution in [2.45, 2.75) is 13.0 Å². The average Bonchev–Trinajstić information content (AvgIpc) is 2.15. The van der Waals surface area contributed by atoms with Crippen molar-refractivity contribution in [3.05, 3.63) is 12.2 Å². The summed E-state index contributed by atoms with van der Waals surface area (Å²) >= 11 is 5.71. The zero-order valence-electron chi connectivity index (χ0n) is 7.50. The standard InChI is InChI=1S/C9H16ClNO/c1-2-3-4-11-5-6-12-9(7-10)8-11/h2-3,9H,4-8H2,1H3/b3-2+. The van der Waals surface area contributed by atoms with Gasteiger partial charge in [-0.25, -0.2) is 0 Å². The Hall–Kier alpha value is -0.0500. The summed E-state index contributed by atoms with van der Waals surface area (Å²) in [6, 6.07) is 0. The Labute approximate surface area is 79.1 Å². The molecule has 2 nitrogen and oxygen atoms in total. The number of halogens is 1. The first-order valence-corrected chi connectivity index (χ1v) is 4.91. The first kappa shape index (κ1) is 10.0. The van der Waals surface area contributed by atoms with Gasteiger partial charge in [-0.05, 0) is 6.92 Å². The number of hydrogen-bond donors (Lipinski definition) is 0. The van der Waals surface area contributed by atoms with Gasteiger partial charge in [0.05, 0.1) is 12.7 Å². The second kappa shape index (κ2) is 5.57. The minimum Gasteiger partial charge on any atom is -0.374 e. The normalized spacial score (nSPS) is 26.7. The first-order chi connectivity index (χ1) is 5.86. The van der Waals surface area contributed by atoms with Crippen LogP contribution in [0.15, 0.2) is 12.2 Å². The summed E-state index contributed by atoms with van der Waals surface area (Å²) in [4.78, 5) is 2.36. The predicted octanol–water partition coefficient (Wildman–Crippen LogP) is 1.50. The van der Waals surface area contributed by atoms with Crippen LogP contribution in [0.25, 0.3) is 0 Å². The van der Waals surface area contributed by atoms with Crippen molar-refractivity contribution in [3.63, 3.8) is 0 Å². The second-order valence-electron chi connectivity index (χ2n) is 2.98. The maximum Gasteiger partial charge on any atom is 0.0837 e. The van der Waals surface area contributed by atoms with E-state index in [0.29, 0.717) is 5.88 Å². The van der Waals surface area contributed by atoms with E-state index in [9.17, 15) is 0 Å². The minimum atomic E-state index is 0.227. The molecule has 0 radical (unpaired) electrons. The summed E-state index contributed by atoms with van der Waals surface area (Å²) in [5.74, 6) is 0.604. The third-order valence-electron chi connectivity index (χ3n) is 1.99. The van der Waals surface area contributed by atoms with Gasteiger partial charge in [-0.1, -0.05) is 12.2 Å². The summed E-state index contributed by atoms with van der Waals surface area (Å²) in [6.45, 7) is 5.87. The van der Waals surface area contributed by atoms with Crippen LogP contribution < -0.4 is 0 Å². The zero-order chi connectivity index (χ0) is 8.81. The molecule has 1 saturated heterocycles. The summed E-state index contributed by atoms with van der Waals surface area (Å²) in [5.41, 5.74) is 0. The van der Waals surface area contributed by atoms with Crippen molar-refractivity contribution < 1.29 is 4.74 Å². The Kier molecular flexibility index (Phi) is 4.66. The molecule has 0 aliphatic carbocycles. The van der Waals surface area contributed by atoms with E-state index in [2.05, 4.69) is 17.1 Å². The molecular weight excluding hydrogens is 174 g/mol. The molecule has 1 unspecified atom stereocenters. The third-order valence-corrected chi connectivity index (χ3v) is 2.34. The van der Waals surface area contributed by atoms with Crippen LogP contribution >= 0.6 is 11.6 Å². The smallest absolute Gasteiger partial charge is 0.0837 e. The Balaban J connectivity index is 2.25. The predicted molar refractivity (Wildman–Crippen MR) is 51.7 cm³/mol. The Morgan fingerprint density at radius 2 is 2.50 bits per heavy atom. The van der Waals surface area contributed by atoms with Crippen LogP contribution in [0.3, 0.4) is 0 Å². The third kappa shape index (κ3) is 3.13. The van der Waals surface area contributed by atoms with Gasteiger partial charge in [0.1, 0.15) is 0 Å². The lowest BCUT2D eigenvalue weighted by Gasteiger charge is -2.31. The van der Waals surface area contributed by atoms with E-state index in [1.807, 2.05) is 6.92 Å². The van der Waals surface area contributed by atoms with Crippen molar-refractivity contribution in [1.29, 1.82) is 0 Å². The Bertz CT molecular complexity index is 149. The van der Waals surface area contributed by atoms with Gasteiger partial charge in [0.2, 0.25) is 0 Å². The summed E-state index contributed by atoms with van der Waals surface area (Å²) in [7, 11) is 0. The molecule has 3 heteroatoms. The van der Waals surface area contributed by atoms with Gasteiger partial charge in [-0.2, -0.15) is 0 Å². The number of nitrogens with zero attached hydrogens (tertiary/aromatic N) is 1. The Morgan fingerprint density at radius 3 is 3.17 bits per heavy atom. The van der Waals surface area contributed by atoms with Crippen LogP contribution in [-0.4, -0.2) is 43.1 Å². The Morgan fingerprint density at radius 1 is 1.67 bits per heavy atom. The van der Waals surface area contributed by atoms with Crippen molar-refractivity contribution in [3.8, 4) is 0 Å². The first-order valence-electron chi connectivity index (χ1n) is 4.38. The number of allylic oxidation sites excluding steroid dienone is 1. The fourth-order valence-electron chi connectivity index (χ4n) is 1.29. The van der Waals surface area contributed by atoms with Crippen LogP contribution in [0, 0.1) is 0 Å². The molecule has 0 aromatic carbocycles. The van der Waals surface area contributed by atoms with Crippen LogP contribution in [0.1, 0.15) is 6.92 Å². The van der Waals surface area contributed by atoms with E-state index in [-0.39, 0.29) is 6.10 Å². The van der Waals surface area contributed by atoms with Crippen LogP contribution in [-0.2, 0) is 4.74 Å². The van der Waals surface area contributed by atoms with Crippen molar-refractivity contribution in [2.24, 2.45) is 0 Å². The van der Waals surface area contributed by atoms with E-state index >= 15 is 0 Å². The minimum absolute atomic E-state index is 0.227. The molecule has 0 amide bonds. The lowest BCUT2D eigenvalue weighted by Crippen LogP contribution is -2.43. The largest absolute Gasteiger partial charge is 0.374 e. The molecule has 0 saturated carbocycles. The molecule has 70 valence electrons. The maximum absolute atomic E-state index is 5.71. The van der Waals surface area contributed by atoms with Gasteiger partial charge in [0.25, 0.3) is 0 Å². The molecule has 1 rings (SSSR count). The average molecular weight is 190 g/mol.